The van der Waals surface area contributed by atoms with Gasteiger partial charge in [-0.3, -0.25) is 0 Å². The molecule has 0 aliphatic carbocycles. The van der Waals surface area contributed by atoms with Crippen molar-refractivity contribution in [2.45, 2.75) is 4.90 Å². The molecule has 0 bridgehead atoms. The van der Waals surface area contributed by atoms with Gasteiger partial charge in [-0.25, -0.2) is 8.42 Å². The fourth-order valence-electron chi connectivity index (χ4n) is 2.03. The molecule has 100 valence electrons. The SMILES string of the molecule is O=S(=O)(C=Cc1ccc2[nH]ccc2c1)c1ccccc1. The van der Waals surface area contributed by atoms with Crippen LogP contribution in [0.1, 0.15) is 5.56 Å². The van der Waals surface area contributed by atoms with Crippen molar-refractivity contribution in [3.05, 3.63) is 71.8 Å². The molecule has 0 aliphatic rings. The van der Waals surface area contributed by atoms with Crippen LogP contribution in [0.3, 0.4) is 0 Å². The first-order valence-electron chi connectivity index (χ1n) is 6.20. The van der Waals surface area contributed by atoms with Gasteiger partial charge in [-0.2, -0.15) is 0 Å². The molecule has 3 aromatic rings. The summed E-state index contributed by atoms with van der Waals surface area (Å²) < 4.78 is 24.3. The molecular weight excluding hydrogens is 270 g/mol. The van der Waals surface area contributed by atoms with E-state index in [9.17, 15) is 8.42 Å². The van der Waals surface area contributed by atoms with Crippen LogP contribution in [0.25, 0.3) is 17.0 Å². The van der Waals surface area contributed by atoms with Crippen LogP contribution >= 0.6 is 0 Å². The standard InChI is InChI=1S/C16H13NO2S/c18-20(19,15-4-2-1-3-5-15)11-9-13-6-7-16-14(12-13)8-10-17-16/h1-12,17H. The largest absolute Gasteiger partial charge is 0.361 e. The van der Waals surface area contributed by atoms with Crippen molar-refractivity contribution in [1.82, 2.24) is 4.98 Å². The number of sulfone groups is 1. The highest BCUT2D eigenvalue weighted by atomic mass is 32.2. The number of hydrogen-bond acceptors (Lipinski definition) is 2. The minimum Gasteiger partial charge on any atom is -0.361 e. The summed E-state index contributed by atoms with van der Waals surface area (Å²) in [4.78, 5) is 3.41. The Morgan fingerprint density at radius 3 is 2.55 bits per heavy atom. The highest BCUT2D eigenvalue weighted by Crippen LogP contribution is 2.17. The molecule has 1 aromatic heterocycles. The zero-order valence-electron chi connectivity index (χ0n) is 10.7. The molecular formula is C16H13NO2S. The minimum atomic E-state index is -3.39. The summed E-state index contributed by atoms with van der Waals surface area (Å²) in [6.07, 6.45) is 3.48. The average Bonchev–Trinajstić information content (AvgIpc) is 2.94. The van der Waals surface area contributed by atoms with Crippen molar-refractivity contribution >= 4 is 26.8 Å². The molecule has 1 heterocycles. The Balaban J connectivity index is 1.93. The molecule has 1 N–H and O–H groups in total. The molecule has 0 spiro atoms. The molecule has 0 aliphatic heterocycles. The molecule has 4 heteroatoms. The number of fused-ring (bicyclic) bond motifs is 1. The van der Waals surface area contributed by atoms with Crippen LogP contribution in [0.2, 0.25) is 0 Å². The van der Waals surface area contributed by atoms with Gasteiger partial charge in [0.2, 0.25) is 0 Å². The molecule has 0 saturated heterocycles. The van der Waals surface area contributed by atoms with E-state index in [0.717, 1.165) is 16.5 Å². The quantitative estimate of drug-likeness (QED) is 0.798. The molecule has 3 rings (SSSR count). The van der Waals surface area contributed by atoms with E-state index in [1.54, 1.807) is 36.4 Å². The molecule has 0 saturated carbocycles. The molecule has 0 fully saturated rings. The van der Waals surface area contributed by atoms with E-state index >= 15 is 0 Å². The monoisotopic (exact) mass is 283 g/mol. The first-order chi connectivity index (χ1) is 9.65. The Bertz CT molecular complexity index is 862. The Labute approximate surface area is 117 Å². The van der Waals surface area contributed by atoms with E-state index in [-0.39, 0.29) is 0 Å². The summed E-state index contributed by atoms with van der Waals surface area (Å²) in [7, 11) is -3.39. The molecule has 2 aromatic carbocycles. The Hall–Kier alpha value is -2.33. The summed E-state index contributed by atoms with van der Waals surface area (Å²) >= 11 is 0. The van der Waals surface area contributed by atoms with E-state index in [4.69, 9.17) is 0 Å². The molecule has 0 atom stereocenters. The highest BCUT2D eigenvalue weighted by molar-refractivity contribution is 7.94. The number of aromatic nitrogens is 1. The maximum absolute atomic E-state index is 12.1. The van der Waals surface area contributed by atoms with Gasteiger partial charge in [0, 0.05) is 17.1 Å². The number of hydrogen-bond donors (Lipinski definition) is 1. The van der Waals surface area contributed by atoms with Crippen LogP contribution in [-0.4, -0.2) is 13.4 Å². The third-order valence-electron chi connectivity index (χ3n) is 3.09. The summed E-state index contributed by atoms with van der Waals surface area (Å²) in [5.41, 5.74) is 1.89. The van der Waals surface area contributed by atoms with Gasteiger partial charge in [-0.1, -0.05) is 24.3 Å². The maximum atomic E-state index is 12.1. The zero-order chi connectivity index (χ0) is 14.0. The summed E-state index contributed by atoms with van der Waals surface area (Å²) in [5, 5.41) is 2.31. The summed E-state index contributed by atoms with van der Waals surface area (Å²) in [6, 6.07) is 16.1. The third kappa shape index (κ3) is 2.51. The number of aromatic amines is 1. The second-order valence-corrected chi connectivity index (χ2v) is 6.32. The molecule has 3 nitrogen and oxygen atoms in total. The van der Waals surface area contributed by atoms with Crippen molar-refractivity contribution in [1.29, 1.82) is 0 Å². The maximum Gasteiger partial charge on any atom is 0.199 e. The lowest BCUT2D eigenvalue weighted by Crippen LogP contribution is -1.95. The Morgan fingerprint density at radius 2 is 1.75 bits per heavy atom. The van der Waals surface area contributed by atoms with Gasteiger partial charge in [0.15, 0.2) is 9.84 Å². The summed E-state index contributed by atoms with van der Waals surface area (Å²) in [5.74, 6) is 0. The van der Waals surface area contributed by atoms with E-state index in [2.05, 4.69) is 4.98 Å². The smallest absolute Gasteiger partial charge is 0.199 e. The van der Waals surface area contributed by atoms with E-state index in [0.29, 0.717) is 4.90 Å². The van der Waals surface area contributed by atoms with Crippen molar-refractivity contribution in [3.63, 3.8) is 0 Å². The van der Waals surface area contributed by atoms with Crippen LogP contribution < -0.4 is 0 Å². The molecule has 0 radical (unpaired) electrons. The normalized spacial score (nSPS) is 12.2. The van der Waals surface area contributed by atoms with Gasteiger partial charge in [0.05, 0.1) is 4.90 Å². The average molecular weight is 283 g/mol. The van der Waals surface area contributed by atoms with Gasteiger partial charge in [0.25, 0.3) is 0 Å². The Morgan fingerprint density at radius 1 is 0.950 bits per heavy atom. The van der Waals surface area contributed by atoms with Gasteiger partial charge in [-0.05, 0) is 47.4 Å². The topological polar surface area (TPSA) is 49.9 Å². The van der Waals surface area contributed by atoms with Gasteiger partial charge in [-0.15, -0.1) is 0 Å². The number of H-pyrrole nitrogens is 1. The van der Waals surface area contributed by atoms with Crippen LogP contribution in [0, 0.1) is 0 Å². The molecule has 0 amide bonds. The lowest BCUT2D eigenvalue weighted by molar-refractivity contribution is 0.605. The third-order valence-corrected chi connectivity index (χ3v) is 4.51. The van der Waals surface area contributed by atoms with Gasteiger partial charge in [0.1, 0.15) is 0 Å². The number of nitrogens with one attached hydrogen (secondary N) is 1. The first-order valence-corrected chi connectivity index (χ1v) is 7.75. The second-order valence-electron chi connectivity index (χ2n) is 4.49. The molecule has 20 heavy (non-hydrogen) atoms. The molecule has 0 unspecified atom stereocenters. The predicted octanol–water partition coefficient (Wildman–Crippen LogP) is 3.61. The van der Waals surface area contributed by atoms with Crippen LogP contribution in [0.15, 0.2) is 71.1 Å². The highest BCUT2D eigenvalue weighted by Gasteiger charge is 2.08. The minimum absolute atomic E-state index is 0.305. The van der Waals surface area contributed by atoms with Crippen LogP contribution in [0.4, 0.5) is 0 Å². The fourth-order valence-corrected chi connectivity index (χ4v) is 3.06. The van der Waals surface area contributed by atoms with E-state index in [1.807, 2.05) is 30.5 Å². The van der Waals surface area contributed by atoms with Crippen molar-refractivity contribution in [2.24, 2.45) is 0 Å². The van der Waals surface area contributed by atoms with E-state index < -0.39 is 9.84 Å². The second kappa shape index (κ2) is 4.98. The zero-order valence-corrected chi connectivity index (χ0v) is 11.5. The van der Waals surface area contributed by atoms with Gasteiger partial charge < -0.3 is 4.98 Å². The predicted molar refractivity (Wildman–Crippen MR) is 81.0 cm³/mol. The van der Waals surface area contributed by atoms with Crippen molar-refractivity contribution in [2.75, 3.05) is 0 Å². The summed E-state index contributed by atoms with van der Waals surface area (Å²) in [6.45, 7) is 0. The van der Waals surface area contributed by atoms with Crippen LogP contribution in [0.5, 0.6) is 0 Å². The van der Waals surface area contributed by atoms with Crippen molar-refractivity contribution < 1.29 is 8.42 Å². The Kier molecular flexibility index (Phi) is 3.16. The lowest BCUT2D eigenvalue weighted by atomic mass is 10.1. The van der Waals surface area contributed by atoms with Gasteiger partial charge >= 0.3 is 0 Å². The van der Waals surface area contributed by atoms with Crippen LogP contribution in [-0.2, 0) is 9.84 Å². The fraction of sp³-hybridized carbons (Fsp3) is 0. The lowest BCUT2D eigenvalue weighted by Gasteiger charge is -1.98. The van der Waals surface area contributed by atoms with E-state index in [1.165, 1.54) is 5.41 Å². The first kappa shape index (κ1) is 12.7. The van der Waals surface area contributed by atoms with Crippen molar-refractivity contribution in [3.8, 4) is 0 Å². The number of rotatable bonds is 3. The number of benzene rings is 2.